The zero-order valence-electron chi connectivity index (χ0n) is 15.8. The quantitative estimate of drug-likeness (QED) is 0.644. The lowest BCUT2D eigenvalue weighted by atomic mass is 10.1. The average molecular weight is 405 g/mol. The van der Waals surface area contributed by atoms with E-state index in [1.165, 1.54) is 0 Å². The maximum Gasteiger partial charge on any atom is 0.251 e. The van der Waals surface area contributed by atoms with Crippen LogP contribution in [0.1, 0.15) is 27.9 Å². The number of primary amides is 1. The van der Waals surface area contributed by atoms with Crippen molar-refractivity contribution in [1.82, 2.24) is 5.32 Å². The summed E-state index contributed by atoms with van der Waals surface area (Å²) in [5.41, 5.74) is 7.31. The Bertz CT molecular complexity index is 976. The molecule has 0 aliphatic carbocycles. The van der Waals surface area contributed by atoms with Gasteiger partial charge in [-0.3, -0.25) is 9.59 Å². The Labute approximate surface area is 175 Å². The molecule has 0 aliphatic rings. The average Bonchev–Trinajstić information content (AvgIpc) is 2.74. The third kappa shape index (κ3) is 8.79. The molecule has 0 unspecified atom stereocenters. The van der Waals surface area contributed by atoms with Crippen LogP contribution in [0.2, 0.25) is 5.02 Å². The molecule has 0 aliphatic heterocycles. The van der Waals surface area contributed by atoms with Crippen LogP contribution in [-0.2, 0) is 4.79 Å². The number of halogens is 1. The molecule has 3 aromatic rings. The number of benzene rings is 3. The summed E-state index contributed by atoms with van der Waals surface area (Å²) >= 11 is 5.54. The normalized spacial score (nSPS) is 9.28. The van der Waals surface area contributed by atoms with Crippen molar-refractivity contribution < 1.29 is 9.59 Å². The van der Waals surface area contributed by atoms with E-state index in [2.05, 4.69) is 17.2 Å². The van der Waals surface area contributed by atoms with Crippen LogP contribution in [-0.4, -0.2) is 18.4 Å². The van der Waals surface area contributed by atoms with Crippen LogP contribution in [0.15, 0.2) is 84.9 Å². The number of hydrogen-bond acceptors (Lipinski definition) is 2. The van der Waals surface area contributed by atoms with Crippen LogP contribution >= 0.6 is 11.6 Å². The van der Waals surface area contributed by atoms with Crippen molar-refractivity contribution in [2.45, 2.75) is 6.42 Å². The largest absolute Gasteiger partial charge is 0.370 e. The molecule has 5 heteroatoms. The fourth-order valence-corrected chi connectivity index (χ4v) is 2.33. The maximum absolute atomic E-state index is 11.8. The molecule has 0 radical (unpaired) electrons. The Morgan fingerprint density at radius 2 is 1.31 bits per heavy atom. The molecule has 0 aromatic heterocycles. The fraction of sp³-hybridized carbons (Fsp3) is 0.0833. The first-order valence-corrected chi connectivity index (χ1v) is 9.36. The summed E-state index contributed by atoms with van der Waals surface area (Å²) in [5, 5.41) is 3.43. The number of hydrogen-bond donors (Lipinski definition) is 2. The van der Waals surface area contributed by atoms with E-state index in [0.717, 1.165) is 16.1 Å². The van der Waals surface area contributed by atoms with Crippen molar-refractivity contribution in [3.05, 3.63) is 107 Å². The molecule has 3 rings (SSSR count). The molecule has 29 heavy (non-hydrogen) atoms. The van der Waals surface area contributed by atoms with Gasteiger partial charge in [0.2, 0.25) is 5.91 Å². The predicted octanol–water partition coefficient (Wildman–Crippen LogP) is 4.03. The molecule has 0 spiro atoms. The Balaban J connectivity index is 0.000000360. The summed E-state index contributed by atoms with van der Waals surface area (Å²) in [6, 6.07) is 26.1. The van der Waals surface area contributed by atoms with Crippen LogP contribution in [0.4, 0.5) is 0 Å². The van der Waals surface area contributed by atoms with Crippen molar-refractivity contribution in [2.75, 3.05) is 6.54 Å². The Kier molecular flexibility index (Phi) is 9.01. The molecular formula is C24H21ClN2O2. The number of carbonyl (C=O) groups is 2. The minimum atomic E-state index is -0.438. The highest BCUT2D eigenvalue weighted by Crippen LogP contribution is 2.05. The van der Waals surface area contributed by atoms with Gasteiger partial charge < -0.3 is 11.1 Å². The number of amides is 2. The highest BCUT2D eigenvalue weighted by atomic mass is 35.5. The highest BCUT2D eigenvalue weighted by molar-refractivity contribution is 6.30. The van der Waals surface area contributed by atoms with Crippen LogP contribution in [0, 0.1) is 11.8 Å². The second-order valence-corrected chi connectivity index (χ2v) is 6.40. The first kappa shape index (κ1) is 21.7. The lowest BCUT2D eigenvalue weighted by Crippen LogP contribution is -2.27. The van der Waals surface area contributed by atoms with Crippen molar-refractivity contribution >= 4 is 23.4 Å². The minimum Gasteiger partial charge on any atom is -0.370 e. The molecule has 0 atom stereocenters. The Morgan fingerprint density at radius 1 is 0.793 bits per heavy atom. The highest BCUT2D eigenvalue weighted by Gasteiger charge is 2.04. The van der Waals surface area contributed by atoms with E-state index in [4.69, 9.17) is 17.3 Å². The van der Waals surface area contributed by atoms with Crippen molar-refractivity contribution in [3.63, 3.8) is 0 Å². The van der Waals surface area contributed by atoms with Gasteiger partial charge in [0.15, 0.2) is 0 Å². The second kappa shape index (κ2) is 12.0. The molecule has 146 valence electrons. The van der Waals surface area contributed by atoms with Gasteiger partial charge in [-0.25, -0.2) is 0 Å². The van der Waals surface area contributed by atoms with Gasteiger partial charge in [-0.15, -0.1) is 0 Å². The van der Waals surface area contributed by atoms with E-state index in [0.29, 0.717) is 5.56 Å². The van der Waals surface area contributed by atoms with Crippen molar-refractivity contribution in [1.29, 1.82) is 0 Å². The number of rotatable bonds is 4. The molecule has 0 heterocycles. The number of nitrogens with two attached hydrogens (primary N) is 1. The Hall–Kier alpha value is -3.55. The fourth-order valence-electron chi connectivity index (χ4n) is 2.19. The van der Waals surface area contributed by atoms with Gasteiger partial charge in [0.1, 0.15) is 0 Å². The van der Waals surface area contributed by atoms with Crippen LogP contribution in [0.3, 0.4) is 0 Å². The summed E-state index contributed by atoms with van der Waals surface area (Å²) in [6.45, 7) is 0.240. The van der Waals surface area contributed by atoms with Gasteiger partial charge in [-0.1, -0.05) is 59.8 Å². The standard InChI is InChI=1S/C18H16N2O2.C6H5Cl/c19-17(21)12-13-20-18(22)16-10-8-15(9-11-16)7-6-14-4-2-1-3-5-14;7-6-4-2-1-3-5-6/h1-5,8-11H,12-13H2,(H2,19,21)(H,20,22);1-5H. The number of carbonyl (C=O) groups excluding carboxylic acids is 2. The molecule has 0 saturated carbocycles. The minimum absolute atomic E-state index is 0.131. The lowest BCUT2D eigenvalue weighted by Gasteiger charge is -2.03. The molecule has 0 bridgehead atoms. The first-order valence-electron chi connectivity index (χ1n) is 8.99. The monoisotopic (exact) mass is 404 g/mol. The summed E-state index contributed by atoms with van der Waals surface area (Å²) in [7, 11) is 0. The van der Waals surface area contributed by atoms with E-state index in [1.807, 2.05) is 60.7 Å². The smallest absolute Gasteiger partial charge is 0.251 e. The maximum atomic E-state index is 11.8. The number of nitrogens with one attached hydrogen (secondary N) is 1. The Morgan fingerprint density at radius 3 is 1.79 bits per heavy atom. The van der Waals surface area contributed by atoms with E-state index < -0.39 is 5.91 Å². The zero-order chi connectivity index (χ0) is 20.9. The van der Waals surface area contributed by atoms with Crippen LogP contribution < -0.4 is 11.1 Å². The predicted molar refractivity (Wildman–Crippen MR) is 116 cm³/mol. The van der Waals surface area contributed by atoms with Crippen LogP contribution in [0.25, 0.3) is 0 Å². The SMILES string of the molecule is Clc1ccccc1.NC(=O)CCNC(=O)c1ccc(C#Cc2ccccc2)cc1. The summed E-state index contributed by atoms with van der Waals surface area (Å²) in [4.78, 5) is 22.4. The lowest BCUT2D eigenvalue weighted by molar-refractivity contribution is -0.117. The second-order valence-electron chi connectivity index (χ2n) is 5.96. The van der Waals surface area contributed by atoms with Gasteiger partial charge in [0, 0.05) is 34.7 Å². The summed E-state index contributed by atoms with van der Waals surface area (Å²) < 4.78 is 0. The van der Waals surface area contributed by atoms with E-state index in [1.54, 1.807) is 24.3 Å². The molecule has 3 N–H and O–H groups in total. The van der Waals surface area contributed by atoms with Gasteiger partial charge >= 0.3 is 0 Å². The molecule has 3 aromatic carbocycles. The zero-order valence-corrected chi connectivity index (χ0v) is 16.5. The summed E-state index contributed by atoms with van der Waals surface area (Å²) in [6.07, 6.45) is 0.131. The summed E-state index contributed by atoms with van der Waals surface area (Å²) in [5.74, 6) is 5.43. The first-order chi connectivity index (χ1) is 14.0. The third-order valence-corrected chi connectivity index (χ3v) is 3.91. The van der Waals surface area contributed by atoms with Crippen molar-refractivity contribution in [3.8, 4) is 11.8 Å². The van der Waals surface area contributed by atoms with Gasteiger partial charge in [0.25, 0.3) is 5.91 Å². The topological polar surface area (TPSA) is 72.2 Å². The van der Waals surface area contributed by atoms with E-state index in [9.17, 15) is 9.59 Å². The third-order valence-electron chi connectivity index (χ3n) is 3.66. The molecule has 4 nitrogen and oxygen atoms in total. The van der Waals surface area contributed by atoms with Gasteiger partial charge in [0.05, 0.1) is 0 Å². The van der Waals surface area contributed by atoms with Crippen LogP contribution in [0.5, 0.6) is 0 Å². The molecule has 0 fully saturated rings. The van der Waals surface area contributed by atoms with Gasteiger partial charge in [-0.2, -0.15) is 0 Å². The molecular weight excluding hydrogens is 384 g/mol. The van der Waals surface area contributed by atoms with E-state index >= 15 is 0 Å². The molecule has 2 amide bonds. The molecule has 0 saturated heterocycles. The van der Waals surface area contributed by atoms with Crippen molar-refractivity contribution in [2.24, 2.45) is 5.73 Å². The van der Waals surface area contributed by atoms with Gasteiger partial charge in [-0.05, 0) is 48.5 Å². The van der Waals surface area contributed by atoms with E-state index in [-0.39, 0.29) is 18.9 Å².